The Labute approximate surface area is 116 Å². The van der Waals surface area contributed by atoms with E-state index >= 15 is 0 Å². The summed E-state index contributed by atoms with van der Waals surface area (Å²) < 4.78 is 18.3. The number of carboxylic acid groups (broad SMARTS) is 1. The van der Waals surface area contributed by atoms with Crippen molar-refractivity contribution in [3.63, 3.8) is 0 Å². The molecule has 1 N–H and O–H groups in total. The second-order valence-corrected chi connectivity index (χ2v) is 4.73. The first-order valence-corrected chi connectivity index (χ1v) is 6.37. The zero-order chi connectivity index (χ0) is 14.7. The first kappa shape index (κ1) is 14.3. The molecule has 1 aromatic rings. The monoisotopic (exact) mass is 281 g/mol. The first-order chi connectivity index (χ1) is 9.52. The number of rotatable bonds is 4. The summed E-state index contributed by atoms with van der Waals surface area (Å²) in [7, 11) is 1.37. The number of halogens is 1. The lowest BCUT2D eigenvalue weighted by atomic mass is 10.1. The Morgan fingerprint density at radius 2 is 2.25 bits per heavy atom. The van der Waals surface area contributed by atoms with E-state index in [1.54, 1.807) is 6.07 Å². The Kier molecular flexibility index (Phi) is 4.22. The minimum absolute atomic E-state index is 0.00923. The number of ether oxygens (including phenoxy) is 1. The summed E-state index contributed by atoms with van der Waals surface area (Å²) in [6.07, 6.45) is 1.14. The van der Waals surface area contributed by atoms with Crippen molar-refractivity contribution >= 4 is 11.9 Å². The molecule has 0 radical (unpaired) electrons. The predicted molar refractivity (Wildman–Crippen MR) is 69.0 cm³/mol. The molecule has 20 heavy (non-hydrogen) atoms. The molecule has 0 bridgehead atoms. The normalized spacial score (nSPS) is 18.1. The topological polar surface area (TPSA) is 66.8 Å². The zero-order valence-corrected chi connectivity index (χ0v) is 11.1. The summed E-state index contributed by atoms with van der Waals surface area (Å²) in [5, 5.41) is 9.04. The molecule has 1 aromatic carbocycles. The lowest BCUT2D eigenvalue weighted by Crippen LogP contribution is -2.41. The fourth-order valence-corrected chi connectivity index (χ4v) is 2.42. The summed E-state index contributed by atoms with van der Waals surface area (Å²) in [5.41, 5.74) is 0.504. The van der Waals surface area contributed by atoms with Crippen molar-refractivity contribution in [1.29, 1.82) is 0 Å². The van der Waals surface area contributed by atoms with Gasteiger partial charge in [-0.05, 0) is 30.5 Å². The van der Waals surface area contributed by atoms with Crippen LogP contribution in [0.2, 0.25) is 0 Å². The third-order valence-electron chi connectivity index (χ3n) is 3.43. The third kappa shape index (κ3) is 2.89. The smallest absolute Gasteiger partial charge is 0.326 e. The molecule has 0 spiro atoms. The molecule has 0 unspecified atom stereocenters. The molecule has 1 atom stereocenters. The van der Waals surface area contributed by atoms with Crippen LogP contribution in [0.5, 0.6) is 5.75 Å². The highest BCUT2D eigenvalue weighted by Crippen LogP contribution is 2.21. The molecule has 2 rings (SSSR count). The number of amides is 1. The fourth-order valence-electron chi connectivity index (χ4n) is 2.42. The maximum Gasteiger partial charge on any atom is 0.326 e. The third-order valence-corrected chi connectivity index (χ3v) is 3.43. The second kappa shape index (κ2) is 5.90. The molecule has 1 aliphatic rings. The Hall–Kier alpha value is -2.11. The van der Waals surface area contributed by atoms with Crippen molar-refractivity contribution in [2.24, 2.45) is 0 Å². The maximum atomic E-state index is 13.5. The van der Waals surface area contributed by atoms with Crippen molar-refractivity contribution < 1.29 is 23.8 Å². The van der Waals surface area contributed by atoms with Crippen LogP contribution in [0.25, 0.3) is 0 Å². The van der Waals surface area contributed by atoms with Gasteiger partial charge in [-0.25, -0.2) is 9.18 Å². The minimum atomic E-state index is -0.989. The van der Waals surface area contributed by atoms with Crippen molar-refractivity contribution in [2.45, 2.75) is 25.3 Å². The van der Waals surface area contributed by atoms with E-state index in [1.807, 2.05) is 0 Å². The number of benzene rings is 1. The van der Waals surface area contributed by atoms with Crippen LogP contribution in [0, 0.1) is 5.82 Å². The van der Waals surface area contributed by atoms with Crippen molar-refractivity contribution in [2.75, 3.05) is 13.7 Å². The van der Waals surface area contributed by atoms with Crippen LogP contribution in [0.4, 0.5) is 4.39 Å². The van der Waals surface area contributed by atoms with Crippen molar-refractivity contribution in [3.05, 3.63) is 29.6 Å². The van der Waals surface area contributed by atoms with Gasteiger partial charge in [0.25, 0.3) is 0 Å². The number of carboxylic acids is 1. The van der Waals surface area contributed by atoms with Gasteiger partial charge in [0.1, 0.15) is 6.04 Å². The fraction of sp³-hybridized carbons (Fsp3) is 0.429. The predicted octanol–water partition coefficient (Wildman–Crippen LogP) is 1.45. The summed E-state index contributed by atoms with van der Waals surface area (Å²) >= 11 is 0. The number of likely N-dealkylation sites (tertiary alicyclic amines) is 1. The molecule has 6 heteroatoms. The zero-order valence-electron chi connectivity index (χ0n) is 11.1. The van der Waals surface area contributed by atoms with Gasteiger partial charge in [0.15, 0.2) is 11.6 Å². The quantitative estimate of drug-likeness (QED) is 0.907. The molecule has 0 saturated carbocycles. The van der Waals surface area contributed by atoms with E-state index < -0.39 is 17.8 Å². The van der Waals surface area contributed by atoms with Crippen LogP contribution in [0.1, 0.15) is 18.4 Å². The number of hydrogen-bond donors (Lipinski definition) is 1. The summed E-state index contributed by atoms with van der Waals surface area (Å²) in [4.78, 5) is 24.5. The van der Waals surface area contributed by atoms with E-state index in [-0.39, 0.29) is 18.1 Å². The van der Waals surface area contributed by atoms with Crippen LogP contribution in [-0.4, -0.2) is 41.6 Å². The molecule has 0 aromatic heterocycles. The van der Waals surface area contributed by atoms with Gasteiger partial charge in [0.2, 0.25) is 5.91 Å². The first-order valence-electron chi connectivity index (χ1n) is 6.37. The highest BCUT2D eigenvalue weighted by atomic mass is 19.1. The van der Waals surface area contributed by atoms with Gasteiger partial charge in [-0.15, -0.1) is 0 Å². The largest absolute Gasteiger partial charge is 0.494 e. The van der Waals surface area contributed by atoms with Crippen LogP contribution in [0.3, 0.4) is 0 Å². The average Bonchev–Trinajstić information content (AvgIpc) is 2.88. The second-order valence-electron chi connectivity index (χ2n) is 4.73. The van der Waals surface area contributed by atoms with Gasteiger partial charge >= 0.3 is 5.97 Å². The van der Waals surface area contributed by atoms with Gasteiger partial charge in [0, 0.05) is 6.54 Å². The molecular formula is C14H16FNO4. The van der Waals surface area contributed by atoms with Gasteiger partial charge < -0.3 is 14.7 Å². The van der Waals surface area contributed by atoms with E-state index in [1.165, 1.54) is 24.1 Å². The van der Waals surface area contributed by atoms with Gasteiger partial charge in [0.05, 0.1) is 13.5 Å². The molecule has 1 aliphatic heterocycles. The van der Waals surface area contributed by atoms with Crippen molar-refractivity contribution in [3.8, 4) is 5.75 Å². The van der Waals surface area contributed by atoms with Crippen LogP contribution in [-0.2, 0) is 16.0 Å². The number of carbonyl (C=O) groups is 2. The van der Waals surface area contributed by atoms with Crippen LogP contribution in [0.15, 0.2) is 18.2 Å². The van der Waals surface area contributed by atoms with E-state index in [2.05, 4.69) is 0 Å². The highest BCUT2D eigenvalue weighted by Gasteiger charge is 2.33. The van der Waals surface area contributed by atoms with Crippen molar-refractivity contribution in [1.82, 2.24) is 4.90 Å². The molecule has 108 valence electrons. The summed E-state index contributed by atoms with van der Waals surface area (Å²) in [5.74, 6) is -1.70. The van der Waals surface area contributed by atoms with Gasteiger partial charge in [-0.3, -0.25) is 4.79 Å². The molecule has 0 aliphatic carbocycles. The van der Waals surface area contributed by atoms with Gasteiger partial charge in [-0.2, -0.15) is 0 Å². The minimum Gasteiger partial charge on any atom is -0.494 e. The molecule has 1 heterocycles. The van der Waals surface area contributed by atoms with Crippen LogP contribution >= 0.6 is 0 Å². The standard InChI is InChI=1S/C14H16FNO4/c1-20-12-5-4-9(7-10(12)15)8-13(17)16-6-2-3-11(16)14(18)19/h4-5,7,11H,2-3,6,8H2,1H3,(H,18,19)/t11-/m1/s1. The lowest BCUT2D eigenvalue weighted by molar-refractivity contribution is -0.148. The Morgan fingerprint density at radius 3 is 2.85 bits per heavy atom. The number of methoxy groups -OCH3 is 1. The molecule has 1 amide bonds. The Balaban J connectivity index is 2.08. The molecular weight excluding hydrogens is 265 g/mol. The number of carbonyl (C=O) groups excluding carboxylic acids is 1. The lowest BCUT2D eigenvalue weighted by Gasteiger charge is -2.21. The average molecular weight is 281 g/mol. The Morgan fingerprint density at radius 1 is 1.50 bits per heavy atom. The highest BCUT2D eigenvalue weighted by molar-refractivity contribution is 5.85. The number of aliphatic carboxylic acids is 1. The maximum absolute atomic E-state index is 13.5. The summed E-state index contributed by atoms with van der Waals surface area (Å²) in [6.45, 7) is 0.439. The number of hydrogen-bond acceptors (Lipinski definition) is 3. The van der Waals surface area contributed by atoms with E-state index in [0.717, 1.165) is 0 Å². The van der Waals surface area contributed by atoms with Gasteiger partial charge in [-0.1, -0.05) is 6.07 Å². The number of nitrogens with zero attached hydrogens (tertiary/aromatic N) is 1. The van der Waals surface area contributed by atoms with E-state index in [0.29, 0.717) is 24.9 Å². The molecule has 5 nitrogen and oxygen atoms in total. The molecule has 1 fully saturated rings. The van der Waals surface area contributed by atoms with Crippen LogP contribution < -0.4 is 4.74 Å². The SMILES string of the molecule is COc1ccc(CC(=O)N2CCC[C@@H]2C(=O)O)cc1F. The Bertz CT molecular complexity index is 532. The van der Waals surface area contributed by atoms with E-state index in [9.17, 15) is 14.0 Å². The van der Waals surface area contributed by atoms with E-state index in [4.69, 9.17) is 9.84 Å². The molecule has 1 saturated heterocycles. The summed E-state index contributed by atoms with van der Waals surface area (Å²) in [6, 6.07) is 3.54.